The number of pyridine rings is 1. The SMILES string of the molecule is Cc1cc(=O)n(C)cc1NC(=O)C1CC2CCCCC2N1. The van der Waals surface area contributed by atoms with E-state index in [-0.39, 0.29) is 17.5 Å². The number of amides is 1. The average Bonchev–Trinajstić information content (AvgIpc) is 2.88. The molecule has 114 valence electrons. The zero-order chi connectivity index (χ0) is 15.0. The summed E-state index contributed by atoms with van der Waals surface area (Å²) in [5.41, 5.74) is 1.47. The molecule has 21 heavy (non-hydrogen) atoms. The number of aromatic nitrogens is 1. The van der Waals surface area contributed by atoms with Gasteiger partial charge in [0.2, 0.25) is 5.91 Å². The molecule has 1 saturated carbocycles. The van der Waals surface area contributed by atoms with E-state index in [0.717, 1.165) is 17.7 Å². The van der Waals surface area contributed by atoms with Crippen LogP contribution < -0.4 is 16.2 Å². The molecule has 1 aromatic heterocycles. The van der Waals surface area contributed by atoms with Crippen LogP contribution in [0.2, 0.25) is 0 Å². The summed E-state index contributed by atoms with van der Waals surface area (Å²) in [5.74, 6) is 0.668. The first kappa shape index (κ1) is 14.3. The van der Waals surface area contributed by atoms with Gasteiger partial charge in [-0.05, 0) is 37.7 Å². The molecule has 1 amide bonds. The minimum atomic E-state index is -0.102. The van der Waals surface area contributed by atoms with Crippen molar-refractivity contribution in [3.63, 3.8) is 0 Å². The van der Waals surface area contributed by atoms with Crippen molar-refractivity contribution < 1.29 is 4.79 Å². The Morgan fingerprint density at radius 3 is 2.90 bits per heavy atom. The van der Waals surface area contributed by atoms with Crippen LogP contribution in [0.3, 0.4) is 0 Å². The summed E-state index contributed by atoms with van der Waals surface area (Å²) >= 11 is 0. The quantitative estimate of drug-likeness (QED) is 0.868. The summed E-state index contributed by atoms with van der Waals surface area (Å²) in [6, 6.07) is 1.96. The second-order valence-corrected chi connectivity index (χ2v) is 6.41. The molecule has 3 atom stereocenters. The number of anilines is 1. The van der Waals surface area contributed by atoms with Crippen LogP contribution in [-0.2, 0) is 11.8 Å². The monoisotopic (exact) mass is 289 g/mol. The fraction of sp³-hybridized carbons (Fsp3) is 0.625. The van der Waals surface area contributed by atoms with E-state index in [9.17, 15) is 9.59 Å². The second-order valence-electron chi connectivity index (χ2n) is 6.41. The molecule has 2 aliphatic rings. The number of carbonyl (C=O) groups excluding carboxylic acids is 1. The molecule has 5 heteroatoms. The number of nitrogens with zero attached hydrogens (tertiary/aromatic N) is 1. The third-order valence-electron chi connectivity index (χ3n) is 4.87. The van der Waals surface area contributed by atoms with Crippen molar-refractivity contribution in [3.8, 4) is 0 Å². The van der Waals surface area contributed by atoms with Gasteiger partial charge < -0.3 is 15.2 Å². The lowest BCUT2D eigenvalue weighted by Crippen LogP contribution is -2.40. The molecule has 2 fully saturated rings. The highest BCUT2D eigenvalue weighted by Gasteiger charge is 2.38. The van der Waals surface area contributed by atoms with E-state index in [4.69, 9.17) is 0 Å². The van der Waals surface area contributed by atoms with Crippen LogP contribution in [0, 0.1) is 12.8 Å². The van der Waals surface area contributed by atoms with E-state index >= 15 is 0 Å². The van der Waals surface area contributed by atoms with E-state index in [1.165, 1.54) is 30.3 Å². The lowest BCUT2D eigenvalue weighted by molar-refractivity contribution is -0.117. The fourth-order valence-corrected chi connectivity index (χ4v) is 3.60. The highest BCUT2D eigenvalue weighted by atomic mass is 16.2. The third kappa shape index (κ3) is 2.88. The van der Waals surface area contributed by atoms with E-state index in [0.29, 0.717) is 12.0 Å². The molecule has 2 N–H and O–H groups in total. The van der Waals surface area contributed by atoms with Crippen molar-refractivity contribution in [2.24, 2.45) is 13.0 Å². The topological polar surface area (TPSA) is 63.1 Å². The van der Waals surface area contributed by atoms with Gasteiger partial charge in [0.05, 0.1) is 11.7 Å². The summed E-state index contributed by atoms with van der Waals surface area (Å²) < 4.78 is 1.49. The Morgan fingerprint density at radius 2 is 2.14 bits per heavy atom. The molecule has 1 aromatic rings. The molecule has 0 bridgehead atoms. The van der Waals surface area contributed by atoms with E-state index in [1.807, 2.05) is 6.92 Å². The van der Waals surface area contributed by atoms with Gasteiger partial charge in [0.1, 0.15) is 0 Å². The number of carbonyl (C=O) groups is 1. The zero-order valence-corrected chi connectivity index (χ0v) is 12.7. The lowest BCUT2D eigenvalue weighted by atomic mass is 9.85. The summed E-state index contributed by atoms with van der Waals surface area (Å²) in [5, 5.41) is 6.45. The Kier molecular flexibility index (Phi) is 3.85. The van der Waals surface area contributed by atoms with Crippen LogP contribution in [0.15, 0.2) is 17.1 Å². The lowest BCUT2D eigenvalue weighted by Gasteiger charge is -2.24. The average molecular weight is 289 g/mol. The summed E-state index contributed by atoms with van der Waals surface area (Å²) in [7, 11) is 1.69. The summed E-state index contributed by atoms with van der Waals surface area (Å²) in [6.45, 7) is 1.85. The van der Waals surface area contributed by atoms with Gasteiger partial charge in [-0.25, -0.2) is 0 Å². The van der Waals surface area contributed by atoms with Crippen molar-refractivity contribution in [1.82, 2.24) is 9.88 Å². The highest BCUT2D eigenvalue weighted by Crippen LogP contribution is 2.33. The minimum absolute atomic E-state index is 0.0196. The molecule has 1 aliphatic carbocycles. The van der Waals surface area contributed by atoms with Crippen LogP contribution in [0.1, 0.15) is 37.7 Å². The highest BCUT2D eigenvalue weighted by molar-refractivity contribution is 5.95. The molecular formula is C16H23N3O2. The molecule has 1 saturated heterocycles. The van der Waals surface area contributed by atoms with Crippen molar-refractivity contribution in [2.75, 3.05) is 5.32 Å². The minimum Gasteiger partial charge on any atom is -0.323 e. The van der Waals surface area contributed by atoms with Crippen molar-refractivity contribution in [1.29, 1.82) is 0 Å². The van der Waals surface area contributed by atoms with Crippen molar-refractivity contribution in [2.45, 2.75) is 51.1 Å². The Bertz CT molecular complexity index is 594. The van der Waals surface area contributed by atoms with Crippen LogP contribution >= 0.6 is 0 Å². The number of rotatable bonds is 2. The van der Waals surface area contributed by atoms with E-state index in [2.05, 4.69) is 10.6 Å². The smallest absolute Gasteiger partial charge is 0.250 e. The van der Waals surface area contributed by atoms with Crippen molar-refractivity contribution in [3.05, 3.63) is 28.2 Å². The van der Waals surface area contributed by atoms with E-state index in [1.54, 1.807) is 19.3 Å². The van der Waals surface area contributed by atoms with Crippen LogP contribution in [-0.4, -0.2) is 22.6 Å². The predicted molar refractivity (Wildman–Crippen MR) is 82.3 cm³/mol. The van der Waals surface area contributed by atoms with Crippen molar-refractivity contribution >= 4 is 11.6 Å². The first-order chi connectivity index (χ1) is 10.0. The molecule has 0 spiro atoms. The van der Waals surface area contributed by atoms with Gasteiger partial charge in [0.15, 0.2) is 0 Å². The van der Waals surface area contributed by atoms with Gasteiger partial charge in [-0.1, -0.05) is 12.8 Å². The molecule has 2 heterocycles. The van der Waals surface area contributed by atoms with Gasteiger partial charge in [-0.2, -0.15) is 0 Å². The Morgan fingerprint density at radius 1 is 1.38 bits per heavy atom. The summed E-state index contributed by atoms with van der Waals surface area (Å²) in [6.07, 6.45) is 7.60. The van der Waals surface area contributed by atoms with E-state index < -0.39 is 0 Å². The van der Waals surface area contributed by atoms with Gasteiger partial charge in [-0.3, -0.25) is 9.59 Å². The number of hydrogen-bond donors (Lipinski definition) is 2. The molecular weight excluding hydrogens is 266 g/mol. The number of aryl methyl sites for hydroxylation is 2. The number of nitrogens with one attached hydrogen (secondary N) is 2. The molecule has 3 unspecified atom stereocenters. The normalized spacial score (nSPS) is 28.2. The Balaban J connectivity index is 1.69. The maximum atomic E-state index is 12.4. The molecule has 0 aromatic carbocycles. The number of hydrogen-bond acceptors (Lipinski definition) is 3. The predicted octanol–water partition coefficient (Wildman–Crippen LogP) is 1.55. The maximum Gasteiger partial charge on any atom is 0.250 e. The fourth-order valence-electron chi connectivity index (χ4n) is 3.60. The molecule has 1 aliphatic heterocycles. The standard InChI is InChI=1S/C16H23N3O2/c1-10-7-15(20)19(2)9-14(10)18-16(21)13-8-11-5-3-4-6-12(11)17-13/h7,9,11-13,17H,3-6,8H2,1-2H3,(H,18,21). The summed E-state index contributed by atoms with van der Waals surface area (Å²) in [4.78, 5) is 24.0. The largest absolute Gasteiger partial charge is 0.323 e. The van der Waals surface area contributed by atoms with Crippen LogP contribution in [0.5, 0.6) is 0 Å². The van der Waals surface area contributed by atoms with Crippen LogP contribution in [0.25, 0.3) is 0 Å². The van der Waals surface area contributed by atoms with Gasteiger partial charge in [0, 0.05) is 25.4 Å². The first-order valence-corrected chi connectivity index (χ1v) is 7.79. The Labute approximate surface area is 124 Å². The van der Waals surface area contributed by atoms with Gasteiger partial charge >= 0.3 is 0 Å². The Hall–Kier alpha value is -1.62. The maximum absolute atomic E-state index is 12.4. The molecule has 3 rings (SSSR count). The third-order valence-corrected chi connectivity index (χ3v) is 4.87. The zero-order valence-electron chi connectivity index (χ0n) is 12.7. The molecule has 5 nitrogen and oxygen atoms in total. The van der Waals surface area contributed by atoms with Gasteiger partial charge in [0.25, 0.3) is 5.56 Å². The number of fused-ring (bicyclic) bond motifs is 1. The first-order valence-electron chi connectivity index (χ1n) is 7.79. The van der Waals surface area contributed by atoms with Gasteiger partial charge in [-0.15, -0.1) is 0 Å². The van der Waals surface area contributed by atoms with Crippen LogP contribution in [0.4, 0.5) is 5.69 Å². The second kappa shape index (κ2) is 5.64. The molecule has 0 radical (unpaired) electrons.